The second kappa shape index (κ2) is 9.75. The Labute approximate surface area is 127 Å². The summed E-state index contributed by atoms with van der Waals surface area (Å²) in [5, 5.41) is 7.88. The minimum atomic E-state index is 0.735. The molecular formula is C15H28N4S. The molecule has 0 radical (unpaired) electrons. The number of hydrogen-bond acceptors (Lipinski definition) is 3. The van der Waals surface area contributed by atoms with Gasteiger partial charge in [0.05, 0.1) is 11.6 Å². The van der Waals surface area contributed by atoms with Crippen LogP contribution in [0, 0.1) is 12.8 Å². The Bertz CT molecular complexity index is 400. The first kappa shape index (κ1) is 17.0. The molecule has 0 saturated heterocycles. The fourth-order valence-corrected chi connectivity index (χ4v) is 2.80. The van der Waals surface area contributed by atoms with Crippen molar-refractivity contribution in [3.05, 3.63) is 16.1 Å². The first-order valence-electron chi connectivity index (χ1n) is 7.55. The lowest BCUT2D eigenvalue weighted by Crippen LogP contribution is -2.39. The highest BCUT2D eigenvalue weighted by molar-refractivity contribution is 7.11. The molecule has 1 aromatic heterocycles. The molecule has 0 spiro atoms. The van der Waals surface area contributed by atoms with Gasteiger partial charge < -0.3 is 10.6 Å². The fraction of sp³-hybridized carbons (Fsp3) is 0.733. The van der Waals surface area contributed by atoms with Gasteiger partial charge in [-0.1, -0.05) is 33.1 Å². The summed E-state index contributed by atoms with van der Waals surface area (Å²) in [6, 6.07) is 0. The molecule has 1 atom stereocenters. The largest absolute Gasteiger partial charge is 0.356 e. The summed E-state index contributed by atoms with van der Waals surface area (Å²) in [6.07, 6.45) is 7.03. The topological polar surface area (TPSA) is 49.3 Å². The van der Waals surface area contributed by atoms with Crippen LogP contribution in [0.3, 0.4) is 0 Å². The molecule has 0 bridgehead atoms. The van der Waals surface area contributed by atoms with E-state index in [2.05, 4.69) is 34.5 Å². The van der Waals surface area contributed by atoms with E-state index in [1.165, 1.54) is 30.6 Å². The van der Waals surface area contributed by atoms with Gasteiger partial charge >= 0.3 is 0 Å². The fourth-order valence-electron chi connectivity index (χ4n) is 2.06. The van der Waals surface area contributed by atoms with Crippen molar-refractivity contribution >= 4 is 17.3 Å². The molecule has 0 aliphatic carbocycles. The molecule has 1 unspecified atom stereocenters. The molecule has 0 fully saturated rings. The Morgan fingerprint density at radius 2 is 2.20 bits per heavy atom. The molecule has 0 saturated carbocycles. The van der Waals surface area contributed by atoms with Gasteiger partial charge in [0.25, 0.3) is 0 Å². The number of aryl methyl sites for hydroxylation is 1. The van der Waals surface area contributed by atoms with Gasteiger partial charge in [0.2, 0.25) is 0 Å². The van der Waals surface area contributed by atoms with E-state index in [0.29, 0.717) is 0 Å². The Morgan fingerprint density at radius 3 is 2.75 bits per heavy atom. The van der Waals surface area contributed by atoms with Crippen molar-refractivity contribution in [1.29, 1.82) is 0 Å². The minimum absolute atomic E-state index is 0.735. The summed E-state index contributed by atoms with van der Waals surface area (Å²) in [5.74, 6) is 1.62. The normalized spacial score (nSPS) is 13.3. The number of aliphatic imine (C=N–C) groups is 1. The standard InChI is InChI=1S/C15H28N4S/c1-5-7-8-13(6-2)9-18-15(16-4)19-11-14-10-17-12(3)20-14/h10,13H,5-9,11H2,1-4H3,(H2,16,18,19). The van der Waals surface area contributed by atoms with Crippen LogP contribution >= 0.6 is 11.3 Å². The zero-order valence-electron chi connectivity index (χ0n) is 13.2. The molecule has 114 valence electrons. The lowest BCUT2D eigenvalue weighted by molar-refractivity contribution is 0.443. The number of thiazole rings is 1. The van der Waals surface area contributed by atoms with Crippen molar-refractivity contribution in [3.8, 4) is 0 Å². The van der Waals surface area contributed by atoms with Gasteiger partial charge in [-0.15, -0.1) is 11.3 Å². The molecule has 0 aliphatic rings. The first-order chi connectivity index (χ1) is 9.69. The Balaban J connectivity index is 2.32. The summed E-state index contributed by atoms with van der Waals surface area (Å²) < 4.78 is 0. The van der Waals surface area contributed by atoms with Gasteiger partial charge in [-0.3, -0.25) is 4.99 Å². The van der Waals surface area contributed by atoms with E-state index >= 15 is 0 Å². The maximum atomic E-state index is 4.28. The zero-order valence-corrected chi connectivity index (χ0v) is 14.0. The number of aromatic nitrogens is 1. The number of unbranched alkanes of at least 4 members (excludes halogenated alkanes) is 1. The second-order valence-corrected chi connectivity index (χ2v) is 6.39. The van der Waals surface area contributed by atoms with Crippen LogP contribution in [0.1, 0.15) is 49.4 Å². The van der Waals surface area contributed by atoms with E-state index in [9.17, 15) is 0 Å². The van der Waals surface area contributed by atoms with E-state index in [1.807, 2.05) is 20.2 Å². The SMILES string of the molecule is CCCCC(CC)CNC(=NC)NCc1cnc(C)s1. The van der Waals surface area contributed by atoms with E-state index in [1.54, 1.807) is 11.3 Å². The van der Waals surface area contributed by atoms with Crippen molar-refractivity contribution in [2.24, 2.45) is 10.9 Å². The van der Waals surface area contributed by atoms with Gasteiger partial charge in [-0.05, 0) is 19.3 Å². The van der Waals surface area contributed by atoms with E-state index in [0.717, 1.165) is 30.0 Å². The van der Waals surface area contributed by atoms with Crippen LogP contribution in [0.25, 0.3) is 0 Å². The highest BCUT2D eigenvalue weighted by Gasteiger charge is 2.07. The molecule has 4 nitrogen and oxygen atoms in total. The maximum absolute atomic E-state index is 4.28. The summed E-state index contributed by atoms with van der Waals surface area (Å²) in [6.45, 7) is 8.33. The summed E-state index contributed by atoms with van der Waals surface area (Å²) in [7, 11) is 1.82. The summed E-state index contributed by atoms with van der Waals surface area (Å²) >= 11 is 1.72. The average Bonchev–Trinajstić information content (AvgIpc) is 2.87. The monoisotopic (exact) mass is 296 g/mol. The summed E-state index contributed by atoms with van der Waals surface area (Å²) in [4.78, 5) is 9.77. The lowest BCUT2D eigenvalue weighted by Gasteiger charge is -2.17. The van der Waals surface area contributed by atoms with Gasteiger partial charge in [0.15, 0.2) is 5.96 Å². The van der Waals surface area contributed by atoms with Crippen LogP contribution in [0.15, 0.2) is 11.2 Å². The van der Waals surface area contributed by atoms with E-state index < -0.39 is 0 Å². The Kier molecular flexibility index (Phi) is 8.26. The molecule has 1 aromatic rings. The number of hydrogen-bond donors (Lipinski definition) is 2. The smallest absolute Gasteiger partial charge is 0.191 e. The van der Waals surface area contributed by atoms with E-state index in [-0.39, 0.29) is 0 Å². The summed E-state index contributed by atoms with van der Waals surface area (Å²) in [5.41, 5.74) is 0. The highest BCUT2D eigenvalue weighted by atomic mass is 32.1. The van der Waals surface area contributed by atoms with Gasteiger partial charge in [0.1, 0.15) is 0 Å². The molecule has 2 N–H and O–H groups in total. The third-order valence-electron chi connectivity index (χ3n) is 3.42. The first-order valence-corrected chi connectivity index (χ1v) is 8.37. The van der Waals surface area contributed by atoms with Crippen molar-refractivity contribution in [1.82, 2.24) is 15.6 Å². The molecular weight excluding hydrogens is 268 g/mol. The number of guanidine groups is 1. The van der Waals surface area contributed by atoms with Gasteiger partial charge in [0, 0.05) is 24.7 Å². The van der Waals surface area contributed by atoms with Crippen molar-refractivity contribution in [3.63, 3.8) is 0 Å². The minimum Gasteiger partial charge on any atom is -0.356 e. The van der Waals surface area contributed by atoms with Crippen LogP contribution in [0.5, 0.6) is 0 Å². The molecule has 1 rings (SSSR count). The van der Waals surface area contributed by atoms with Crippen molar-refractivity contribution in [2.75, 3.05) is 13.6 Å². The third kappa shape index (κ3) is 6.37. The molecule has 0 aliphatic heterocycles. The van der Waals surface area contributed by atoms with E-state index in [4.69, 9.17) is 0 Å². The average molecular weight is 296 g/mol. The van der Waals surface area contributed by atoms with Crippen LogP contribution in [-0.4, -0.2) is 24.5 Å². The predicted molar refractivity (Wildman–Crippen MR) is 88.4 cm³/mol. The highest BCUT2D eigenvalue weighted by Crippen LogP contribution is 2.12. The van der Waals surface area contributed by atoms with Crippen molar-refractivity contribution in [2.45, 2.75) is 53.0 Å². The lowest BCUT2D eigenvalue weighted by atomic mass is 9.99. The molecule has 20 heavy (non-hydrogen) atoms. The van der Waals surface area contributed by atoms with Crippen LogP contribution in [0.2, 0.25) is 0 Å². The molecule has 1 heterocycles. The predicted octanol–water partition coefficient (Wildman–Crippen LogP) is 3.33. The maximum Gasteiger partial charge on any atom is 0.191 e. The van der Waals surface area contributed by atoms with Gasteiger partial charge in [-0.25, -0.2) is 4.98 Å². The Morgan fingerprint density at radius 1 is 1.40 bits per heavy atom. The second-order valence-electron chi connectivity index (χ2n) is 5.07. The molecule has 5 heteroatoms. The number of rotatable bonds is 8. The van der Waals surface area contributed by atoms with Crippen molar-refractivity contribution < 1.29 is 0 Å². The van der Waals surface area contributed by atoms with Gasteiger partial charge in [-0.2, -0.15) is 0 Å². The zero-order chi connectivity index (χ0) is 14.8. The number of nitrogens with zero attached hydrogens (tertiary/aromatic N) is 2. The molecule has 0 aromatic carbocycles. The number of nitrogens with one attached hydrogen (secondary N) is 2. The molecule has 0 amide bonds. The van der Waals surface area contributed by atoms with Crippen LogP contribution in [0.4, 0.5) is 0 Å². The quantitative estimate of drug-likeness (QED) is 0.571. The van der Waals surface area contributed by atoms with Crippen LogP contribution in [-0.2, 0) is 6.54 Å². The Hall–Kier alpha value is -1.10. The third-order valence-corrected chi connectivity index (χ3v) is 4.34. The van der Waals surface area contributed by atoms with Crippen LogP contribution < -0.4 is 10.6 Å².